The van der Waals surface area contributed by atoms with E-state index in [4.69, 9.17) is 11.6 Å². The molecule has 0 spiro atoms. The maximum absolute atomic E-state index is 6.08. The zero-order valence-electron chi connectivity index (χ0n) is 7.30. The quantitative estimate of drug-likeness (QED) is 0.546. The van der Waals surface area contributed by atoms with Crippen LogP contribution in [0.3, 0.4) is 0 Å². The largest absolute Gasteiger partial charge is 1.00 e. The minimum absolute atomic E-state index is 0. The van der Waals surface area contributed by atoms with Crippen LogP contribution in [0.5, 0.6) is 0 Å². The molecule has 0 amide bonds. The molecule has 0 aliphatic carbocycles. The van der Waals surface area contributed by atoms with Gasteiger partial charge in [0.15, 0.2) is 0 Å². The van der Waals surface area contributed by atoms with Gasteiger partial charge in [0.25, 0.3) is 0 Å². The van der Waals surface area contributed by atoms with Crippen molar-refractivity contribution in [2.75, 3.05) is 4.90 Å². The average molecular weight is 385 g/mol. The van der Waals surface area contributed by atoms with E-state index >= 15 is 0 Å². The first-order valence-electron chi connectivity index (χ1n) is 4.05. The number of hydrogen-bond donors (Lipinski definition) is 0. The van der Waals surface area contributed by atoms with E-state index in [1.54, 1.807) is 12.4 Å². The molecule has 74 valence electrons. The molecular formula is C10H9ClIrN2+. The van der Waals surface area contributed by atoms with Crippen molar-refractivity contribution >= 4 is 17.3 Å². The van der Waals surface area contributed by atoms with Crippen LogP contribution in [-0.2, 0) is 20.1 Å². The zero-order valence-corrected chi connectivity index (χ0v) is 10.5. The molecule has 1 atom stereocenters. The molecule has 0 fully saturated rings. The second kappa shape index (κ2) is 5.30. The minimum Gasteiger partial charge on any atom is -0.326 e. The van der Waals surface area contributed by atoms with E-state index in [1.165, 1.54) is 0 Å². The van der Waals surface area contributed by atoms with Gasteiger partial charge < -0.3 is 4.90 Å². The summed E-state index contributed by atoms with van der Waals surface area (Å²) in [4.78, 5) is 5.99. The summed E-state index contributed by atoms with van der Waals surface area (Å²) in [5.74, 6) is 0. The molecule has 0 saturated heterocycles. The van der Waals surface area contributed by atoms with Gasteiger partial charge in [0, 0.05) is 12.4 Å². The van der Waals surface area contributed by atoms with Gasteiger partial charge in [0.2, 0.25) is 0 Å². The van der Waals surface area contributed by atoms with Crippen LogP contribution in [0.1, 0.15) is 0 Å². The third-order valence-corrected chi connectivity index (χ3v) is 2.19. The smallest absolute Gasteiger partial charge is 0.326 e. The van der Waals surface area contributed by atoms with Crippen molar-refractivity contribution in [1.82, 2.24) is 4.98 Å². The van der Waals surface area contributed by atoms with E-state index in [-0.39, 0.29) is 25.6 Å². The normalized spacial score (nSPS) is 19.2. The number of hydrogen-bond acceptors (Lipinski definition) is 2. The first kappa shape index (κ1) is 11.4. The Hall–Kier alpha value is -0.631. The van der Waals surface area contributed by atoms with Gasteiger partial charge in [-0.3, -0.25) is 4.98 Å². The summed E-state index contributed by atoms with van der Waals surface area (Å²) in [7, 11) is 0. The molecule has 0 bridgehead atoms. The van der Waals surface area contributed by atoms with Crippen molar-refractivity contribution in [3.63, 3.8) is 0 Å². The van der Waals surface area contributed by atoms with E-state index in [9.17, 15) is 0 Å². The molecule has 0 aromatic carbocycles. The summed E-state index contributed by atoms with van der Waals surface area (Å²) in [6.07, 6.45) is 11.3. The molecule has 0 saturated carbocycles. The Morgan fingerprint density at radius 1 is 1.36 bits per heavy atom. The number of nitrogens with zero attached hydrogens (tertiary/aromatic N) is 2. The Morgan fingerprint density at radius 3 is 2.86 bits per heavy atom. The van der Waals surface area contributed by atoms with Gasteiger partial charge in [-0.1, -0.05) is 17.7 Å². The van der Waals surface area contributed by atoms with Gasteiger partial charge >= 0.3 is 20.1 Å². The second-order valence-corrected chi connectivity index (χ2v) is 3.16. The van der Waals surface area contributed by atoms with E-state index in [0.29, 0.717) is 0 Å². The Balaban J connectivity index is 0.000000980. The van der Waals surface area contributed by atoms with Crippen LogP contribution in [0, 0.1) is 0 Å². The number of anilines is 1. The van der Waals surface area contributed by atoms with Crippen LogP contribution < -0.4 is 4.90 Å². The number of allylic oxidation sites excluding steroid dienone is 2. The predicted molar refractivity (Wildman–Crippen MR) is 54.6 cm³/mol. The molecule has 14 heavy (non-hydrogen) atoms. The third-order valence-electron chi connectivity index (χ3n) is 1.84. The summed E-state index contributed by atoms with van der Waals surface area (Å²) in [5.41, 5.74) is 0.886. The molecule has 1 unspecified atom stereocenters. The Bertz CT molecular complexity index is 337. The van der Waals surface area contributed by atoms with E-state index in [1.807, 2.05) is 41.5 Å². The SMILES string of the molecule is ClC1C=CC=CN1c1cccnc1.[Ir+]. The molecular weight excluding hydrogens is 376 g/mol. The van der Waals surface area contributed by atoms with Crippen molar-refractivity contribution in [2.45, 2.75) is 5.50 Å². The monoisotopic (exact) mass is 385 g/mol. The molecule has 4 heteroatoms. The van der Waals surface area contributed by atoms with Gasteiger partial charge in [-0.25, -0.2) is 0 Å². The number of rotatable bonds is 1. The topological polar surface area (TPSA) is 16.1 Å². The van der Waals surface area contributed by atoms with Crippen molar-refractivity contribution < 1.29 is 20.1 Å². The molecule has 1 aliphatic heterocycles. The molecule has 1 aromatic heterocycles. The predicted octanol–water partition coefficient (Wildman–Crippen LogP) is 2.53. The van der Waals surface area contributed by atoms with Crippen LogP contribution >= 0.6 is 11.6 Å². The standard InChI is InChI=1S/C10H9ClN2.Ir/c11-10-5-1-2-7-13(10)9-4-3-6-12-8-9;/h1-8,10H;/q;+1. The van der Waals surface area contributed by atoms with E-state index < -0.39 is 0 Å². The van der Waals surface area contributed by atoms with Crippen LogP contribution in [0.15, 0.2) is 49.0 Å². The molecule has 0 radical (unpaired) electrons. The van der Waals surface area contributed by atoms with Gasteiger partial charge in [0.1, 0.15) is 5.50 Å². The van der Waals surface area contributed by atoms with Gasteiger partial charge in [-0.2, -0.15) is 0 Å². The summed E-state index contributed by atoms with van der Waals surface area (Å²) in [6.45, 7) is 0. The fourth-order valence-electron chi connectivity index (χ4n) is 1.21. The van der Waals surface area contributed by atoms with E-state index in [0.717, 1.165) is 5.69 Å². The van der Waals surface area contributed by atoms with Crippen molar-refractivity contribution in [3.05, 3.63) is 49.0 Å². The zero-order chi connectivity index (χ0) is 9.10. The van der Waals surface area contributed by atoms with Crippen LogP contribution in [-0.4, -0.2) is 10.5 Å². The van der Waals surface area contributed by atoms with Crippen LogP contribution in [0.25, 0.3) is 0 Å². The molecule has 1 aromatic rings. The minimum atomic E-state index is -0.116. The fourth-order valence-corrected chi connectivity index (χ4v) is 1.47. The van der Waals surface area contributed by atoms with Crippen LogP contribution in [0.4, 0.5) is 5.69 Å². The van der Waals surface area contributed by atoms with Crippen LogP contribution in [0.2, 0.25) is 0 Å². The Labute approximate surface area is 102 Å². The summed E-state index contributed by atoms with van der Waals surface area (Å²) >= 11 is 6.08. The average Bonchev–Trinajstić information content (AvgIpc) is 2.20. The first-order chi connectivity index (χ1) is 6.38. The molecule has 0 N–H and O–H groups in total. The number of halogens is 1. The maximum Gasteiger partial charge on any atom is 1.00 e. The summed E-state index contributed by atoms with van der Waals surface area (Å²) in [5, 5.41) is 0. The summed E-state index contributed by atoms with van der Waals surface area (Å²) < 4.78 is 0. The fraction of sp³-hybridized carbons (Fsp3) is 0.100. The molecule has 1 aliphatic rings. The van der Waals surface area contributed by atoms with Crippen molar-refractivity contribution in [2.24, 2.45) is 0 Å². The third kappa shape index (κ3) is 2.44. The Morgan fingerprint density at radius 2 is 2.21 bits per heavy atom. The second-order valence-electron chi connectivity index (χ2n) is 2.72. The summed E-state index contributed by atoms with van der Waals surface area (Å²) in [6, 6.07) is 3.87. The van der Waals surface area contributed by atoms with Gasteiger partial charge in [-0.15, -0.1) is 0 Å². The number of alkyl halides is 1. The molecule has 2 rings (SSSR count). The van der Waals surface area contributed by atoms with Gasteiger partial charge in [0.05, 0.1) is 11.9 Å². The maximum atomic E-state index is 6.08. The Kier molecular flexibility index (Phi) is 4.33. The number of pyridine rings is 1. The molecule has 2 heterocycles. The first-order valence-corrected chi connectivity index (χ1v) is 4.49. The van der Waals surface area contributed by atoms with Crippen molar-refractivity contribution in [3.8, 4) is 0 Å². The van der Waals surface area contributed by atoms with E-state index in [2.05, 4.69) is 4.98 Å². The van der Waals surface area contributed by atoms with Crippen molar-refractivity contribution in [1.29, 1.82) is 0 Å². The molecule has 2 nitrogen and oxygen atoms in total. The van der Waals surface area contributed by atoms with Gasteiger partial charge in [-0.05, 0) is 24.3 Å². The number of aromatic nitrogens is 1.